The summed E-state index contributed by atoms with van der Waals surface area (Å²) >= 11 is 0. The number of hydrogen-bond donors (Lipinski definition) is 3. The molecule has 0 spiro atoms. The number of nitrogens with one attached hydrogen (secondary N) is 3. The Morgan fingerprint density at radius 3 is 1.87 bits per heavy atom. The Hall–Kier alpha value is -3.20. The zero-order valence-corrected chi connectivity index (χ0v) is 19.1. The van der Waals surface area contributed by atoms with Crippen LogP contribution >= 0.6 is 0 Å². The van der Waals surface area contributed by atoms with Crippen LogP contribution in [0.5, 0.6) is 0 Å². The molecule has 0 aliphatic heterocycles. The lowest BCUT2D eigenvalue weighted by molar-refractivity contribution is -0.115. The van der Waals surface area contributed by atoms with Gasteiger partial charge in [0.2, 0.25) is 11.8 Å². The maximum atomic E-state index is 12.4. The maximum Gasteiger partial charge on any atom is 0.276 e. The highest BCUT2D eigenvalue weighted by atomic mass is 32.2. The number of sulfonamides is 1. The Labute approximate surface area is 183 Å². The summed E-state index contributed by atoms with van der Waals surface area (Å²) in [4.78, 5) is 25.5. The number of carbonyl (C=O) groups is 2. The number of nitrogens with zero attached hydrogens (tertiary/aromatic N) is 1. The first-order valence-electron chi connectivity index (χ1n) is 9.70. The summed E-state index contributed by atoms with van der Waals surface area (Å²) in [5, 5.41) is 9.17. The second-order valence-electron chi connectivity index (χ2n) is 8.20. The monoisotopic (exact) mass is 444 g/mol. The van der Waals surface area contributed by atoms with Crippen molar-refractivity contribution in [1.82, 2.24) is 4.83 Å². The predicted octanol–water partition coefficient (Wildman–Crippen LogP) is 3.63. The third-order valence-corrected chi connectivity index (χ3v) is 5.52. The van der Waals surface area contributed by atoms with Crippen molar-refractivity contribution in [1.29, 1.82) is 0 Å². The molecule has 0 fully saturated rings. The van der Waals surface area contributed by atoms with Crippen LogP contribution < -0.4 is 15.5 Å². The topological polar surface area (TPSA) is 117 Å². The maximum absolute atomic E-state index is 12.4. The molecule has 2 amide bonds. The zero-order valence-electron chi connectivity index (χ0n) is 18.3. The average Bonchev–Trinajstić information content (AvgIpc) is 2.67. The Bertz CT molecular complexity index is 1070. The quantitative estimate of drug-likeness (QED) is 0.447. The fourth-order valence-electron chi connectivity index (χ4n) is 2.64. The molecule has 2 rings (SSSR count). The molecule has 0 heterocycles. The van der Waals surface area contributed by atoms with Gasteiger partial charge in [-0.2, -0.15) is 13.5 Å². The molecule has 0 saturated carbocycles. The van der Waals surface area contributed by atoms with Gasteiger partial charge in [0.05, 0.1) is 11.3 Å². The number of hydrogen-bond acceptors (Lipinski definition) is 5. The molecule has 2 aromatic rings. The standard InChI is InChI=1S/C22H28N4O4S/c1-15(14-21(28)24-19-10-8-18(9-11-19)23-16(2)27)25-26-31(29,30)20-12-6-17(7-13-20)22(3,4)5/h6-13,26H,14H2,1-5H3,(H,23,27)(H,24,28)/b25-15+. The van der Waals surface area contributed by atoms with Crippen LogP contribution in [-0.4, -0.2) is 25.9 Å². The smallest absolute Gasteiger partial charge is 0.276 e. The first-order valence-corrected chi connectivity index (χ1v) is 11.2. The molecule has 0 aliphatic carbocycles. The van der Waals surface area contributed by atoms with E-state index in [0.717, 1.165) is 5.56 Å². The fraction of sp³-hybridized carbons (Fsp3) is 0.318. The van der Waals surface area contributed by atoms with Gasteiger partial charge in [-0.05, 0) is 54.3 Å². The van der Waals surface area contributed by atoms with Crippen LogP contribution in [0.4, 0.5) is 11.4 Å². The number of amides is 2. The van der Waals surface area contributed by atoms with Crippen LogP contribution in [-0.2, 0) is 25.0 Å². The third-order valence-electron chi connectivity index (χ3n) is 4.29. The minimum Gasteiger partial charge on any atom is -0.326 e. The van der Waals surface area contributed by atoms with Crippen molar-refractivity contribution < 1.29 is 18.0 Å². The van der Waals surface area contributed by atoms with E-state index in [2.05, 4.69) is 20.6 Å². The summed E-state index contributed by atoms with van der Waals surface area (Å²) in [5.74, 6) is -0.529. The molecule has 0 atom stereocenters. The van der Waals surface area contributed by atoms with E-state index in [1.54, 1.807) is 43.3 Å². The van der Waals surface area contributed by atoms with Crippen molar-refractivity contribution >= 4 is 38.9 Å². The normalized spacial score (nSPS) is 12.2. The van der Waals surface area contributed by atoms with Crippen molar-refractivity contribution in [2.75, 3.05) is 10.6 Å². The molecule has 3 N–H and O–H groups in total. The summed E-state index contributed by atoms with van der Waals surface area (Å²) in [6.45, 7) is 9.11. The Kier molecular flexibility index (Phi) is 7.56. The summed E-state index contributed by atoms with van der Waals surface area (Å²) in [5.41, 5.74) is 2.41. The lowest BCUT2D eigenvalue weighted by Crippen LogP contribution is -2.22. The van der Waals surface area contributed by atoms with Gasteiger partial charge in [0.1, 0.15) is 0 Å². The molecule has 166 valence electrons. The van der Waals surface area contributed by atoms with Gasteiger partial charge >= 0.3 is 0 Å². The van der Waals surface area contributed by atoms with E-state index in [-0.39, 0.29) is 28.5 Å². The van der Waals surface area contributed by atoms with Gasteiger partial charge in [-0.25, -0.2) is 4.83 Å². The highest BCUT2D eigenvalue weighted by molar-refractivity contribution is 7.89. The fourth-order valence-corrected chi connectivity index (χ4v) is 3.52. The highest BCUT2D eigenvalue weighted by Gasteiger charge is 2.17. The van der Waals surface area contributed by atoms with Crippen molar-refractivity contribution in [3.63, 3.8) is 0 Å². The largest absolute Gasteiger partial charge is 0.326 e. The minimum atomic E-state index is -3.83. The van der Waals surface area contributed by atoms with Crippen LogP contribution in [0.25, 0.3) is 0 Å². The first-order chi connectivity index (χ1) is 14.4. The minimum absolute atomic E-state index is 0.0813. The number of hydrazone groups is 1. The van der Waals surface area contributed by atoms with Gasteiger partial charge < -0.3 is 10.6 Å². The lowest BCUT2D eigenvalue weighted by Gasteiger charge is -2.19. The molecule has 0 bridgehead atoms. The Balaban J connectivity index is 1.95. The highest BCUT2D eigenvalue weighted by Crippen LogP contribution is 2.23. The Morgan fingerprint density at radius 2 is 1.39 bits per heavy atom. The van der Waals surface area contributed by atoms with Crippen molar-refractivity contribution in [2.24, 2.45) is 5.10 Å². The van der Waals surface area contributed by atoms with Crippen LogP contribution in [0.15, 0.2) is 58.5 Å². The van der Waals surface area contributed by atoms with E-state index in [4.69, 9.17) is 0 Å². The van der Waals surface area contributed by atoms with E-state index in [9.17, 15) is 18.0 Å². The van der Waals surface area contributed by atoms with E-state index < -0.39 is 10.0 Å². The molecule has 8 nitrogen and oxygen atoms in total. The average molecular weight is 445 g/mol. The SMILES string of the molecule is CC(=O)Nc1ccc(NC(=O)C/C(C)=N/NS(=O)(=O)c2ccc(C(C)(C)C)cc2)cc1. The van der Waals surface area contributed by atoms with E-state index >= 15 is 0 Å². The van der Waals surface area contributed by atoms with Crippen LogP contribution in [0, 0.1) is 0 Å². The van der Waals surface area contributed by atoms with Gasteiger partial charge in [-0.1, -0.05) is 32.9 Å². The molecule has 0 unspecified atom stereocenters. The van der Waals surface area contributed by atoms with Crippen molar-refractivity contribution in [3.05, 3.63) is 54.1 Å². The summed E-state index contributed by atoms with van der Waals surface area (Å²) in [6, 6.07) is 13.2. The zero-order chi connectivity index (χ0) is 23.2. The predicted molar refractivity (Wildman–Crippen MR) is 123 cm³/mol. The van der Waals surface area contributed by atoms with Crippen molar-refractivity contribution in [2.45, 2.75) is 51.3 Å². The van der Waals surface area contributed by atoms with E-state index in [0.29, 0.717) is 17.1 Å². The molecule has 2 aromatic carbocycles. The second-order valence-corrected chi connectivity index (χ2v) is 9.86. The number of rotatable bonds is 7. The van der Waals surface area contributed by atoms with Gasteiger partial charge in [0, 0.05) is 24.0 Å². The second kappa shape index (κ2) is 9.74. The summed E-state index contributed by atoms with van der Waals surface area (Å²) in [7, 11) is -3.83. The molecule has 0 radical (unpaired) electrons. The van der Waals surface area contributed by atoms with Gasteiger partial charge in [0.15, 0.2) is 0 Å². The number of anilines is 2. The molecule has 31 heavy (non-hydrogen) atoms. The third kappa shape index (κ3) is 7.53. The van der Waals surface area contributed by atoms with E-state index in [1.165, 1.54) is 19.1 Å². The molecular formula is C22H28N4O4S. The number of carbonyl (C=O) groups excluding carboxylic acids is 2. The van der Waals surface area contributed by atoms with Gasteiger partial charge in [-0.15, -0.1) is 0 Å². The lowest BCUT2D eigenvalue weighted by atomic mass is 9.87. The summed E-state index contributed by atoms with van der Waals surface area (Å²) in [6.07, 6.45) is -0.0844. The van der Waals surface area contributed by atoms with Crippen LogP contribution in [0.2, 0.25) is 0 Å². The summed E-state index contributed by atoms with van der Waals surface area (Å²) < 4.78 is 24.9. The molecule has 9 heteroatoms. The van der Waals surface area contributed by atoms with Crippen LogP contribution in [0.1, 0.15) is 46.6 Å². The molecule has 0 aliphatic rings. The Morgan fingerprint density at radius 1 is 0.871 bits per heavy atom. The molecule has 0 aromatic heterocycles. The van der Waals surface area contributed by atoms with Crippen LogP contribution in [0.3, 0.4) is 0 Å². The van der Waals surface area contributed by atoms with Gasteiger partial charge in [0.25, 0.3) is 10.0 Å². The first kappa shape index (κ1) is 24.1. The molecular weight excluding hydrogens is 416 g/mol. The number of benzene rings is 2. The van der Waals surface area contributed by atoms with Crippen molar-refractivity contribution in [3.8, 4) is 0 Å². The van der Waals surface area contributed by atoms with Gasteiger partial charge in [-0.3, -0.25) is 9.59 Å². The molecule has 0 saturated heterocycles. The van der Waals surface area contributed by atoms with E-state index in [1.807, 2.05) is 20.8 Å².